The average molecular weight is 396 g/mol. The number of hydrogen-bond donors (Lipinski definition) is 1. The Morgan fingerprint density at radius 3 is 2.96 bits per heavy atom. The molecule has 0 saturated carbocycles. The fourth-order valence-corrected chi connectivity index (χ4v) is 2.88. The Hall–Kier alpha value is -2.70. The number of aromatic nitrogens is 2. The fourth-order valence-electron chi connectivity index (χ4n) is 2.71. The smallest absolute Gasteiger partial charge is 0.323 e. The van der Waals surface area contributed by atoms with Gasteiger partial charge in [0.1, 0.15) is 11.7 Å². The minimum atomic E-state index is -2.71. The largest absolute Gasteiger partial charge is 0.366 e. The normalized spacial score (nSPS) is 19.8. The van der Waals surface area contributed by atoms with Crippen molar-refractivity contribution in [2.75, 3.05) is 25.0 Å². The number of ether oxygens (including phenoxy) is 1. The van der Waals surface area contributed by atoms with Gasteiger partial charge in [0.2, 0.25) is 0 Å². The summed E-state index contributed by atoms with van der Waals surface area (Å²) in [5.41, 5.74) is -0.872. The first-order chi connectivity index (χ1) is 12.8. The molecule has 10 heteroatoms. The number of amides is 2. The second-order valence-electron chi connectivity index (χ2n) is 6.23. The van der Waals surface area contributed by atoms with Crippen LogP contribution < -0.4 is 5.32 Å². The molecular weight excluding hydrogens is 380 g/mol. The minimum Gasteiger partial charge on any atom is -0.366 e. The van der Waals surface area contributed by atoms with Crippen LogP contribution in [-0.2, 0) is 4.74 Å². The van der Waals surface area contributed by atoms with Crippen LogP contribution in [-0.4, -0.2) is 52.4 Å². The molecule has 0 aliphatic carbocycles. The van der Waals surface area contributed by atoms with Crippen LogP contribution in [0.2, 0.25) is 5.02 Å². The molecule has 1 aliphatic rings. The summed E-state index contributed by atoms with van der Waals surface area (Å²) in [7, 11) is 0. The molecule has 142 valence electrons. The Bertz CT molecular complexity index is 898. The van der Waals surface area contributed by atoms with E-state index in [9.17, 15) is 18.8 Å². The monoisotopic (exact) mass is 395 g/mol. The predicted octanol–water partition coefficient (Wildman–Crippen LogP) is 3.29. The first kappa shape index (κ1) is 19.1. The van der Waals surface area contributed by atoms with Crippen LogP contribution in [0.15, 0.2) is 30.5 Å². The lowest BCUT2D eigenvalue weighted by Gasteiger charge is -2.39. The lowest BCUT2D eigenvalue weighted by Crippen LogP contribution is -2.56. The molecule has 1 fully saturated rings. The number of morpholine rings is 1. The van der Waals surface area contributed by atoms with E-state index in [2.05, 4.69) is 10.4 Å². The van der Waals surface area contributed by atoms with Crippen molar-refractivity contribution in [2.45, 2.75) is 19.0 Å². The Labute approximate surface area is 159 Å². The van der Waals surface area contributed by atoms with Crippen LogP contribution >= 0.6 is 11.6 Å². The number of nitrogens with one attached hydrogen (secondary N) is 1. The molecule has 0 spiro atoms. The van der Waals surface area contributed by atoms with Gasteiger partial charge in [-0.25, -0.2) is 18.3 Å². The summed E-state index contributed by atoms with van der Waals surface area (Å²) < 4.78 is 32.8. The van der Waals surface area contributed by atoms with Gasteiger partial charge < -0.3 is 9.64 Å². The molecule has 7 nitrogen and oxygen atoms in total. The predicted molar refractivity (Wildman–Crippen MR) is 94.2 cm³/mol. The second kappa shape index (κ2) is 7.50. The maximum absolute atomic E-state index is 13.1. The van der Waals surface area contributed by atoms with Gasteiger partial charge in [-0.1, -0.05) is 11.6 Å². The van der Waals surface area contributed by atoms with Crippen LogP contribution in [0.25, 0.3) is 5.69 Å². The molecule has 1 atom stereocenters. The quantitative estimate of drug-likeness (QED) is 0.864. The maximum Gasteiger partial charge on any atom is 0.323 e. The fraction of sp³-hybridized carbons (Fsp3) is 0.353. The van der Waals surface area contributed by atoms with Crippen molar-refractivity contribution in [3.63, 3.8) is 0 Å². The van der Waals surface area contributed by atoms with Gasteiger partial charge in [-0.05, 0) is 25.1 Å². The average Bonchev–Trinajstić information content (AvgIpc) is 3.09. The van der Waals surface area contributed by atoms with E-state index in [1.54, 1.807) is 24.4 Å². The summed E-state index contributed by atoms with van der Waals surface area (Å²) >= 11 is 5.88. The first-order valence-electron chi connectivity index (χ1n) is 8.06. The highest BCUT2D eigenvalue weighted by molar-refractivity contribution is 6.30. The summed E-state index contributed by atoms with van der Waals surface area (Å²) in [5, 5.41) is 16.4. The highest BCUT2D eigenvalue weighted by Gasteiger charge is 2.42. The zero-order valence-electron chi connectivity index (χ0n) is 14.3. The number of anilines is 1. The third kappa shape index (κ3) is 4.02. The Morgan fingerprint density at radius 2 is 2.26 bits per heavy atom. The summed E-state index contributed by atoms with van der Waals surface area (Å²) in [6.45, 7) is 1.27. The number of nitrogens with zero attached hydrogens (tertiary/aromatic N) is 4. The summed E-state index contributed by atoms with van der Waals surface area (Å²) in [4.78, 5) is 13.6. The lowest BCUT2D eigenvalue weighted by atomic mass is 10.1. The molecule has 1 saturated heterocycles. The third-order valence-corrected chi connectivity index (χ3v) is 4.43. The van der Waals surface area contributed by atoms with E-state index in [1.807, 2.05) is 6.07 Å². The zero-order chi connectivity index (χ0) is 19.6. The molecule has 1 unspecified atom stereocenters. The van der Waals surface area contributed by atoms with Gasteiger partial charge in [0.05, 0.1) is 24.4 Å². The van der Waals surface area contributed by atoms with Crippen LogP contribution in [0.1, 0.15) is 12.5 Å². The Kier molecular flexibility index (Phi) is 5.30. The number of rotatable bonds is 3. The molecular formula is C17H16ClF2N5O2. The first-order valence-corrected chi connectivity index (χ1v) is 8.44. The number of halogens is 3. The van der Waals surface area contributed by atoms with Gasteiger partial charge in [-0.2, -0.15) is 5.26 Å². The number of carbonyl (C=O) groups is 1. The Balaban J connectivity index is 1.73. The van der Waals surface area contributed by atoms with E-state index in [0.717, 1.165) is 0 Å². The molecule has 1 N–H and O–H groups in total. The molecule has 2 amide bonds. The molecule has 2 aromatic rings. The minimum absolute atomic E-state index is 0.0268. The standard InChI is InChI=1S/C17H16ClF2N5O2/c1-17(15(19)20)10-24(6-7-27-17)16(26)22-14-4-5-25(23-14)13-3-2-12(18)8-11(13)9-21/h2-5,8,15H,6-7,10H2,1H3,(H,22,23,26). The number of carbonyl (C=O) groups excluding carboxylic acids is 1. The van der Waals surface area contributed by atoms with E-state index in [4.69, 9.17) is 16.3 Å². The van der Waals surface area contributed by atoms with Gasteiger partial charge in [0.15, 0.2) is 5.82 Å². The van der Waals surface area contributed by atoms with Crippen molar-refractivity contribution in [1.29, 1.82) is 5.26 Å². The summed E-state index contributed by atoms with van der Waals surface area (Å²) in [6.07, 6.45) is -1.14. The van der Waals surface area contributed by atoms with Crippen molar-refractivity contribution in [1.82, 2.24) is 14.7 Å². The second-order valence-corrected chi connectivity index (χ2v) is 6.67. The molecule has 1 aliphatic heterocycles. The van der Waals surface area contributed by atoms with Crippen LogP contribution in [0, 0.1) is 11.3 Å². The van der Waals surface area contributed by atoms with E-state index >= 15 is 0 Å². The summed E-state index contributed by atoms with van der Waals surface area (Å²) in [6, 6.07) is 7.79. The molecule has 1 aromatic carbocycles. The van der Waals surface area contributed by atoms with E-state index in [1.165, 1.54) is 22.6 Å². The van der Waals surface area contributed by atoms with E-state index in [0.29, 0.717) is 16.3 Å². The van der Waals surface area contributed by atoms with Gasteiger partial charge in [0, 0.05) is 23.8 Å². The highest BCUT2D eigenvalue weighted by Crippen LogP contribution is 2.25. The van der Waals surface area contributed by atoms with Gasteiger partial charge in [-0.3, -0.25) is 5.32 Å². The van der Waals surface area contributed by atoms with Crippen molar-refractivity contribution in [3.05, 3.63) is 41.0 Å². The molecule has 1 aromatic heterocycles. The highest BCUT2D eigenvalue weighted by atomic mass is 35.5. The zero-order valence-corrected chi connectivity index (χ0v) is 15.1. The van der Waals surface area contributed by atoms with Crippen molar-refractivity contribution < 1.29 is 18.3 Å². The molecule has 3 rings (SSSR count). The number of benzene rings is 1. The van der Waals surface area contributed by atoms with Crippen molar-refractivity contribution >= 4 is 23.4 Å². The van der Waals surface area contributed by atoms with E-state index < -0.39 is 18.1 Å². The molecule has 0 radical (unpaired) electrons. The van der Waals surface area contributed by atoms with E-state index in [-0.39, 0.29) is 25.5 Å². The number of urea groups is 1. The van der Waals surface area contributed by atoms with Gasteiger partial charge in [-0.15, -0.1) is 5.10 Å². The van der Waals surface area contributed by atoms with Gasteiger partial charge in [0.25, 0.3) is 6.43 Å². The molecule has 27 heavy (non-hydrogen) atoms. The van der Waals surface area contributed by atoms with Gasteiger partial charge >= 0.3 is 6.03 Å². The van der Waals surface area contributed by atoms with Crippen LogP contribution in [0.4, 0.5) is 19.4 Å². The SMILES string of the molecule is CC1(C(F)F)CN(C(=O)Nc2ccn(-c3ccc(Cl)cc3C#N)n2)CCO1. The Morgan fingerprint density at radius 1 is 1.48 bits per heavy atom. The van der Waals surface area contributed by atoms with Crippen molar-refractivity contribution in [2.24, 2.45) is 0 Å². The molecule has 2 heterocycles. The van der Waals surface area contributed by atoms with Crippen LogP contribution in [0.3, 0.4) is 0 Å². The number of nitriles is 1. The summed E-state index contributed by atoms with van der Waals surface area (Å²) in [5.74, 6) is 0.226. The number of alkyl halides is 2. The number of hydrogen-bond acceptors (Lipinski definition) is 4. The maximum atomic E-state index is 13.1. The lowest BCUT2D eigenvalue weighted by molar-refractivity contribution is -0.161. The van der Waals surface area contributed by atoms with Crippen LogP contribution in [0.5, 0.6) is 0 Å². The third-order valence-electron chi connectivity index (χ3n) is 4.20. The topological polar surface area (TPSA) is 83.2 Å². The van der Waals surface area contributed by atoms with Crippen molar-refractivity contribution in [3.8, 4) is 11.8 Å². The molecule has 0 bridgehead atoms.